The number of nitrogens with one attached hydrogen (secondary N) is 2. The lowest BCUT2D eigenvalue weighted by molar-refractivity contribution is -0.137. The Morgan fingerprint density at radius 1 is 1.06 bits per heavy atom. The molecule has 1 aromatic heterocycles. The molecule has 31 heavy (non-hydrogen) atoms. The molecule has 0 aliphatic heterocycles. The second-order valence-corrected chi connectivity index (χ2v) is 9.55. The number of anilines is 1. The maximum Gasteiger partial charge on any atom is 0.416 e. The molecule has 0 atom stereocenters. The first-order valence-corrected chi connectivity index (χ1v) is 10.8. The van der Waals surface area contributed by atoms with Gasteiger partial charge in [0.2, 0.25) is 0 Å². The van der Waals surface area contributed by atoms with Crippen molar-refractivity contribution in [3.05, 3.63) is 77.6 Å². The molecule has 3 aromatic rings. The van der Waals surface area contributed by atoms with E-state index in [1.165, 1.54) is 5.56 Å². The largest absolute Gasteiger partial charge is 0.416 e. The molecule has 164 valence electrons. The molecule has 5 heteroatoms. The van der Waals surface area contributed by atoms with Crippen LogP contribution in [0, 0.1) is 11.3 Å². The van der Waals surface area contributed by atoms with Crippen LogP contribution in [0.25, 0.3) is 10.9 Å². The SMILES string of the molecule is C=C(Nc1c[nH]c2ccc(CCCc3ccc(C(F)(F)F)cc3)cc12)C1CC(C)(C)C1. The molecule has 1 saturated carbocycles. The van der Waals surface area contributed by atoms with Crippen LogP contribution < -0.4 is 5.32 Å². The third-order valence-electron chi connectivity index (χ3n) is 6.34. The van der Waals surface area contributed by atoms with Gasteiger partial charge in [-0.15, -0.1) is 0 Å². The summed E-state index contributed by atoms with van der Waals surface area (Å²) in [6.45, 7) is 8.84. The molecule has 0 unspecified atom stereocenters. The van der Waals surface area contributed by atoms with E-state index < -0.39 is 11.7 Å². The van der Waals surface area contributed by atoms with Crippen LogP contribution >= 0.6 is 0 Å². The normalized spacial score (nSPS) is 16.3. The van der Waals surface area contributed by atoms with Gasteiger partial charge in [-0.2, -0.15) is 13.2 Å². The number of hydrogen-bond acceptors (Lipinski definition) is 1. The van der Waals surface area contributed by atoms with Crippen molar-refractivity contribution in [2.75, 3.05) is 5.32 Å². The van der Waals surface area contributed by atoms with Crippen molar-refractivity contribution < 1.29 is 13.2 Å². The van der Waals surface area contributed by atoms with Gasteiger partial charge in [0.05, 0.1) is 11.3 Å². The van der Waals surface area contributed by atoms with E-state index in [1.807, 2.05) is 6.20 Å². The van der Waals surface area contributed by atoms with Gasteiger partial charge in [0, 0.05) is 22.8 Å². The molecule has 1 aliphatic rings. The highest BCUT2D eigenvalue weighted by atomic mass is 19.4. The van der Waals surface area contributed by atoms with Gasteiger partial charge in [0.25, 0.3) is 0 Å². The maximum atomic E-state index is 12.7. The number of aromatic nitrogens is 1. The van der Waals surface area contributed by atoms with Crippen LogP contribution in [0.5, 0.6) is 0 Å². The Morgan fingerprint density at radius 3 is 2.35 bits per heavy atom. The number of rotatable bonds is 7. The van der Waals surface area contributed by atoms with Gasteiger partial charge in [-0.05, 0) is 78.8 Å². The molecule has 0 spiro atoms. The quantitative estimate of drug-likeness (QED) is 0.398. The van der Waals surface area contributed by atoms with E-state index in [4.69, 9.17) is 0 Å². The number of alkyl halides is 3. The number of aromatic amines is 1. The fourth-order valence-electron chi connectivity index (χ4n) is 4.58. The minimum absolute atomic E-state index is 0.412. The molecule has 0 bridgehead atoms. The number of benzene rings is 2. The maximum absolute atomic E-state index is 12.7. The van der Waals surface area contributed by atoms with Crippen LogP contribution in [0.2, 0.25) is 0 Å². The fourth-order valence-corrected chi connectivity index (χ4v) is 4.58. The molecule has 1 heterocycles. The van der Waals surface area contributed by atoms with Crippen molar-refractivity contribution >= 4 is 16.6 Å². The highest BCUT2D eigenvalue weighted by Gasteiger charge is 2.37. The molecule has 4 rings (SSSR count). The van der Waals surface area contributed by atoms with Crippen molar-refractivity contribution in [3.63, 3.8) is 0 Å². The molecule has 1 aliphatic carbocycles. The van der Waals surface area contributed by atoms with E-state index >= 15 is 0 Å². The van der Waals surface area contributed by atoms with Crippen molar-refractivity contribution in [2.45, 2.75) is 52.1 Å². The lowest BCUT2D eigenvalue weighted by Gasteiger charge is -2.43. The molecular weight excluding hydrogens is 397 g/mol. The summed E-state index contributed by atoms with van der Waals surface area (Å²) in [5.74, 6) is 0.520. The lowest BCUT2D eigenvalue weighted by Crippen LogP contribution is -2.34. The highest BCUT2D eigenvalue weighted by Crippen LogP contribution is 2.48. The summed E-state index contributed by atoms with van der Waals surface area (Å²) < 4.78 is 38.1. The van der Waals surface area contributed by atoms with Crippen molar-refractivity contribution in [2.24, 2.45) is 11.3 Å². The lowest BCUT2D eigenvalue weighted by atomic mass is 9.63. The third kappa shape index (κ3) is 4.97. The van der Waals surface area contributed by atoms with Gasteiger partial charge in [-0.25, -0.2) is 0 Å². The second-order valence-electron chi connectivity index (χ2n) is 9.55. The Hall–Kier alpha value is -2.69. The number of hydrogen-bond donors (Lipinski definition) is 2. The monoisotopic (exact) mass is 426 g/mol. The van der Waals surface area contributed by atoms with E-state index in [1.54, 1.807) is 12.1 Å². The van der Waals surface area contributed by atoms with Gasteiger partial charge in [0.1, 0.15) is 0 Å². The highest BCUT2D eigenvalue weighted by molar-refractivity contribution is 5.93. The topological polar surface area (TPSA) is 27.8 Å². The average molecular weight is 427 g/mol. The summed E-state index contributed by atoms with van der Waals surface area (Å²) in [5.41, 5.74) is 5.17. The molecule has 0 saturated heterocycles. The first-order chi connectivity index (χ1) is 14.6. The molecular formula is C26H29F3N2. The Kier molecular flexibility index (Phi) is 5.63. The van der Waals surface area contributed by atoms with E-state index in [9.17, 15) is 13.2 Å². The fraction of sp³-hybridized carbons (Fsp3) is 0.385. The predicted molar refractivity (Wildman–Crippen MR) is 121 cm³/mol. The van der Waals surface area contributed by atoms with E-state index in [0.29, 0.717) is 11.3 Å². The first kappa shape index (κ1) is 21.5. The summed E-state index contributed by atoms with van der Waals surface area (Å²) in [6.07, 6.45) is 2.55. The zero-order chi connectivity index (χ0) is 22.2. The van der Waals surface area contributed by atoms with E-state index in [-0.39, 0.29) is 0 Å². The van der Waals surface area contributed by atoms with E-state index in [2.05, 4.69) is 48.9 Å². The van der Waals surface area contributed by atoms with Gasteiger partial charge < -0.3 is 10.3 Å². The summed E-state index contributed by atoms with van der Waals surface area (Å²) >= 11 is 0. The van der Waals surface area contributed by atoms with Crippen LogP contribution in [0.4, 0.5) is 18.9 Å². The number of H-pyrrole nitrogens is 1. The standard InChI is InChI=1S/C26H29F3N2/c1-17(20-14-25(2,3)15-20)31-24-16-30-23-12-9-19(13-22(23)24)6-4-5-18-7-10-21(11-8-18)26(27,28)29/h7-13,16,20,30-31H,1,4-6,14-15H2,2-3H3. The number of halogens is 3. The predicted octanol–water partition coefficient (Wildman–Crippen LogP) is 7.72. The van der Waals surface area contributed by atoms with Gasteiger partial charge in [0.15, 0.2) is 0 Å². The Bertz CT molecular complexity index is 1070. The summed E-state index contributed by atoms with van der Waals surface area (Å²) in [6, 6.07) is 11.9. The van der Waals surface area contributed by atoms with Gasteiger partial charge in [-0.3, -0.25) is 0 Å². The van der Waals surface area contributed by atoms with Crippen molar-refractivity contribution in [1.82, 2.24) is 4.98 Å². The minimum atomic E-state index is -4.28. The molecule has 2 aromatic carbocycles. The van der Waals surface area contributed by atoms with Crippen molar-refractivity contribution in [1.29, 1.82) is 0 Å². The molecule has 2 nitrogen and oxygen atoms in total. The van der Waals surface area contributed by atoms with Gasteiger partial charge >= 0.3 is 6.18 Å². The molecule has 0 radical (unpaired) electrons. The third-order valence-corrected chi connectivity index (χ3v) is 6.34. The summed E-state index contributed by atoms with van der Waals surface area (Å²) in [4.78, 5) is 3.32. The van der Waals surface area contributed by atoms with E-state index in [0.717, 1.165) is 72.1 Å². The summed E-state index contributed by atoms with van der Waals surface area (Å²) in [7, 11) is 0. The zero-order valence-electron chi connectivity index (χ0n) is 18.1. The van der Waals surface area contributed by atoms with Gasteiger partial charge in [-0.1, -0.05) is 38.6 Å². The van der Waals surface area contributed by atoms with Crippen LogP contribution in [0.15, 0.2) is 60.9 Å². The number of aryl methyl sites for hydroxylation is 2. The van der Waals surface area contributed by atoms with Crippen LogP contribution in [-0.2, 0) is 19.0 Å². The Labute approximate surface area is 181 Å². The number of fused-ring (bicyclic) bond motifs is 1. The Morgan fingerprint density at radius 2 is 1.71 bits per heavy atom. The Balaban J connectivity index is 1.36. The molecule has 2 N–H and O–H groups in total. The number of allylic oxidation sites excluding steroid dienone is 1. The average Bonchev–Trinajstić information content (AvgIpc) is 3.08. The van der Waals surface area contributed by atoms with Crippen LogP contribution in [0.3, 0.4) is 0 Å². The van der Waals surface area contributed by atoms with Crippen LogP contribution in [-0.4, -0.2) is 4.98 Å². The molecule has 0 amide bonds. The first-order valence-electron chi connectivity index (χ1n) is 10.8. The van der Waals surface area contributed by atoms with Crippen molar-refractivity contribution in [3.8, 4) is 0 Å². The van der Waals surface area contributed by atoms with Crippen LogP contribution in [0.1, 0.15) is 49.8 Å². The minimum Gasteiger partial charge on any atom is -0.359 e. The molecule has 1 fully saturated rings. The smallest absolute Gasteiger partial charge is 0.359 e. The summed E-state index contributed by atoms with van der Waals surface area (Å²) in [5, 5.41) is 4.66. The second kappa shape index (κ2) is 8.10. The zero-order valence-corrected chi connectivity index (χ0v) is 18.1.